The van der Waals surface area contributed by atoms with E-state index < -0.39 is 17.5 Å². The van der Waals surface area contributed by atoms with Gasteiger partial charge in [-0.3, -0.25) is 0 Å². The van der Waals surface area contributed by atoms with E-state index in [9.17, 15) is 18.3 Å². The number of aromatic hydroxyl groups is 1. The summed E-state index contributed by atoms with van der Waals surface area (Å²) < 4.78 is 48.5. The summed E-state index contributed by atoms with van der Waals surface area (Å²) in [4.78, 5) is 0. The van der Waals surface area contributed by atoms with Crippen LogP contribution in [0, 0.1) is 17.6 Å². The zero-order chi connectivity index (χ0) is 23.3. The molecule has 1 aliphatic rings. The molecular formula is C27H27F3O2. The second-order valence-corrected chi connectivity index (χ2v) is 8.04. The molecule has 1 saturated carbocycles. The van der Waals surface area contributed by atoms with Crippen molar-refractivity contribution in [3.05, 3.63) is 102 Å². The smallest absolute Gasteiger partial charge is 0.166 e. The van der Waals surface area contributed by atoms with E-state index in [1.165, 1.54) is 25.3 Å². The number of methoxy groups -OCH3 is 1. The Kier molecular flexibility index (Phi) is 7.62. The highest BCUT2D eigenvalue weighted by molar-refractivity contribution is 5.65. The van der Waals surface area contributed by atoms with Crippen molar-refractivity contribution in [3.8, 4) is 16.9 Å². The summed E-state index contributed by atoms with van der Waals surface area (Å²) in [5.74, 6) is -1.74. The van der Waals surface area contributed by atoms with Crippen LogP contribution < -0.4 is 0 Å². The summed E-state index contributed by atoms with van der Waals surface area (Å²) >= 11 is 0. The Morgan fingerprint density at radius 3 is 2.28 bits per heavy atom. The lowest BCUT2D eigenvalue weighted by atomic mass is 9.78. The largest absolute Gasteiger partial charge is 0.508 e. The highest BCUT2D eigenvalue weighted by atomic mass is 19.2. The average molecular weight is 441 g/mol. The van der Waals surface area contributed by atoms with Gasteiger partial charge in [0, 0.05) is 17.2 Å². The molecule has 0 aliphatic heterocycles. The average Bonchev–Trinajstić information content (AvgIpc) is 2.80. The molecule has 0 atom stereocenters. The highest BCUT2D eigenvalue weighted by Crippen LogP contribution is 2.39. The third-order valence-corrected chi connectivity index (χ3v) is 5.93. The van der Waals surface area contributed by atoms with Gasteiger partial charge in [-0.15, -0.1) is 0 Å². The van der Waals surface area contributed by atoms with Crippen LogP contribution in [0.25, 0.3) is 11.1 Å². The first-order chi connectivity index (χ1) is 15.3. The minimum Gasteiger partial charge on any atom is -0.508 e. The summed E-state index contributed by atoms with van der Waals surface area (Å²) in [6.07, 6.45) is 7.78. The molecule has 2 aromatic rings. The lowest BCUT2D eigenvalue weighted by Crippen LogP contribution is -2.13. The van der Waals surface area contributed by atoms with Crippen molar-refractivity contribution in [3.63, 3.8) is 0 Å². The van der Waals surface area contributed by atoms with Gasteiger partial charge in [0.1, 0.15) is 17.3 Å². The van der Waals surface area contributed by atoms with E-state index in [0.29, 0.717) is 11.1 Å². The maximum Gasteiger partial charge on any atom is 0.166 e. The van der Waals surface area contributed by atoms with Gasteiger partial charge in [0.25, 0.3) is 0 Å². The third-order valence-electron chi connectivity index (χ3n) is 5.93. The van der Waals surface area contributed by atoms with Gasteiger partial charge in [0.15, 0.2) is 11.6 Å². The second kappa shape index (κ2) is 10.4. The molecule has 32 heavy (non-hydrogen) atoms. The van der Waals surface area contributed by atoms with Gasteiger partial charge in [-0.1, -0.05) is 49.6 Å². The zero-order valence-electron chi connectivity index (χ0n) is 18.1. The number of hydrogen-bond acceptors (Lipinski definition) is 2. The van der Waals surface area contributed by atoms with Gasteiger partial charge < -0.3 is 9.84 Å². The fraction of sp³-hybridized carbons (Fsp3) is 0.259. The molecule has 1 fully saturated rings. The van der Waals surface area contributed by atoms with Gasteiger partial charge in [-0.2, -0.15) is 0 Å². The summed E-state index contributed by atoms with van der Waals surface area (Å²) in [6.45, 7) is 7.27. The number of halogens is 3. The normalized spacial score (nSPS) is 19.2. The second-order valence-electron chi connectivity index (χ2n) is 8.04. The van der Waals surface area contributed by atoms with Gasteiger partial charge in [0.05, 0.1) is 7.11 Å². The van der Waals surface area contributed by atoms with Crippen LogP contribution in [-0.4, -0.2) is 12.2 Å². The molecule has 0 saturated heterocycles. The first-order valence-corrected chi connectivity index (χ1v) is 10.5. The first-order valence-electron chi connectivity index (χ1n) is 10.5. The molecule has 5 heteroatoms. The number of rotatable bonds is 7. The third kappa shape index (κ3) is 5.52. The van der Waals surface area contributed by atoms with Crippen LogP contribution in [0.15, 0.2) is 84.9 Å². The van der Waals surface area contributed by atoms with Crippen molar-refractivity contribution < 1.29 is 23.0 Å². The molecule has 0 heterocycles. The SMILES string of the molecule is C=C(/C=C(/F)C(=C)/C=C/C1CCC(c2ccc(-c3ccc(O)cc3)c(F)c2F)CC1)OC. The van der Waals surface area contributed by atoms with Crippen molar-refractivity contribution in [2.75, 3.05) is 7.11 Å². The number of ether oxygens (including phenoxy) is 1. The van der Waals surface area contributed by atoms with Crippen LogP contribution >= 0.6 is 0 Å². The van der Waals surface area contributed by atoms with Gasteiger partial charge in [-0.05, 0) is 60.8 Å². The molecule has 0 radical (unpaired) electrons. The summed E-state index contributed by atoms with van der Waals surface area (Å²) in [6, 6.07) is 9.26. The number of phenols is 1. The minimum absolute atomic E-state index is 0.0621. The van der Waals surface area contributed by atoms with Crippen LogP contribution in [0.2, 0.25) is 0 Å². The predicted octanol–water partition coefficient (Wildman–Crippen LogP) is 7.74. The quantitative estimate of drug-likeness (QED) is 0.352. The molecule has 0 amide bonds. The molecule has 2 aromatic carbocycles. The number of phenolic OH excluding ortho intramolecular Hbond substituents is 1. The van der Waals surface area contributed by atoms with Crippen molar-refractivity contribution >= 4 is 0 Å². The number of benzene rings is 2. The molecule has 3 rings (SSSR count). The molecule has 0 spiro atoms. The Hall–Kier alpha value is -3.21. The summed E-state index contributed by atoms with van der Waals surface area (Å²) in [5, 5.41) is 9.40. The summed E-state index contributed by atoms with van der Waals surface area (Å²) in [7, 11) is 1.42. The monoisotopic (exact) mass is 440 g/mol. The molecule has 1 N–H and O–H groups in total. The number of hydrogen-bond donors (Lipinski definition) is 1. The molecule has 1 aliphatic carbocycles. The van der Waals surface area contributed by atoms with E-state index in [0.717, 1.165) is 25.7 Å². The molecular weight excluding hydrogens is 413 g/mol. The fourth-order valence-corrected chi connectivity index (χ4v) is 3.99. The van der Waals surface area contributed by atoms with Gasteiger partial charge in [0.2, 0.25) is 0 Å². The highest BCUT2D eigenvalue weighted by Gasteiger charge is 2.25. The van der Waals surface area contributed by atoms with Gasteiger partial charge in [-0.25, -0.2) is 13.2 Å². The maximum atomic E-state index is 14.9. The topological polar surface area (TPSA) is 29.5 Å². The molecule has 0 unspecified atom stereocenters. The molecule has 0 aromatic heterocycles. The standard InChI is InChI=1S/C27H27F3O2/c1-17(25(28)16-18(2)32-3)4-5-19-6-8-20(9-7-19)23-14-15-24(27(30)26(23)29)21-10-12-22(31)13-11-21/h4-5,10-16,19-20,31H,1-2,6-9H2,3H3/b5-4+,25-16+. The molecule has 0 bridgehead atoms. The van der Waals surface area contributed by atoms with Crippen LogP contribution in [-0.2, 0) is 4.74 Å². The maximum absolute atomic E-state index is 14.9. The van der Waals surface area contributed by atoms with E-state index in [1.54, 1.807) is 30.3 Å². The minimum atomic E-state index is -0.869. The molecule has 168 valence electrons. The lowest BCUT2D eigenvalue weighted by molar-refractivity contribution is 0.307. The van der Waals surface area contributed by atoms with E-state index in [2.05, 4.69) is 13.2 Å². The Balaban J connectivity index is 1.64. The van der Waals surface area contributed by atoms with E-state index >= 15 is 0 Å². The predicted molar refractivity (Wildman–Crippen MR) is 122 cm³/mol. The van der Waals surface area contributed by atoms with Crippen LogP contribution in [0.1, 0.15) is 37.2 Å². The first kappa shape index (κ1) is 23.5. The Bertz CT molecular complexity index is 1040. The van der Waals surface area contributed by atoms with Crippen molar-refractivity contribution in [2.45, 2.75) is 31.6 Å². The summed E-state index contributed by atoms with van der Waals surface area (Å²) in [5.41, 5.74) is 1.31. The van der Waals surface area contributed by atoms with Crippen LogP contribution in [0.4, 0.5) is 13.2 Å². The van der Waals surface area contributed by atoms with Crippen molar-refractivity contribution in [1.29, 1.82) is 0 Å². The Morgan fingerprint density at radius 1 is 1.00 bits per heavy atom. The number of allylic oxidation sites excluding steroid dienone is 5. The Morgan fingerprint density at radius 2 is 1.66 bits per heavy atom. The van der Waals surface area contributed by atoms with Crippen LogP contribution in [0.3, 0.4) is 0 Å². The van der Waals surface area contributed by atoms with E-state index in [-0.39, 0.29) is 34.5 Å². The van der Waals surface area contributed by atoms with Crippen molar-refractivity contribution in [1.82, 2.24) is 0 Å². The van der Waals surface area contributed by atoms with E-state index in [4.69, 9.17) is 4.74 Å². The van der Waals surface area contributed by atoms with Gasteiger partial charge >= 0.3 is 0 Å². The lowest BCUT2D eigenvalue weighted by Gasteiger charge is -2.27. The zero-order valence-corrected chi connectivity index (χ0v) is 18.1. The van der Waals surface area contributed by atoms with Crippen LogP contribution in [0.5, 0.6) is 5.75 Å². The van der Waals surface area contributed by atoms with E-state index in [1.807, 2.05) is 6.08 Å². The fourth-order valence-electron chi connectivity index (χ4n) is 3.99. The molecule has 2 nitrogen and oxygen atoms in total. The van der Waals surface area contributed by atoms with Crippen molar-refractivity contribution in [2.24, 2.45) is 5.92 Å². The Labute approximate surface area is 187 Å².